The van der Waals surface area contributed by atoms with Gasteiger partial charge in [0.1, 0.15) is 12.0 Å². The number of aryl methyl sites for hydroxylation is 2. The molecule has 3 N–H and O–H groups in total. The molecular formula is C26H33FN8O3S. The average molecular weight is 557 g/mol. The van der Waals surface area contributed by atoms with E-state index in [1.165, 1.54) is 15.3 Å². The quantitative estimate of drug-likeness (QED) is 0.288. The van der Waals surface area contributed by atoms with Crippen LogP contribution in [0.5, 0.6) is 0 Å². The van der Waals surface area contributed by atoms with Crippen LogP contribution >= 0.6 is 0 Å². The first-order valence-corrected chi connectivity index (χ1v) is 14.3. The maximum atomic E-state index is 13.8. The van der Waals surface area contributed by atoms with Crippen molar-refractivity contribution in [3.63, 3.8) is 0 Å². The molecule has 13 heteroatoms. The number of benzene rings is 1. The lowest BCUT2D eigenvalue weighted by Crippen LogP contribution is -2.49. The zero-order chi connectivity index (χ0) is 28.2. The van der Waals surface area contributed by atoms with Crippen LogP contribution in [0, 0.1) is 6.92 Å². The molecule has 4 rings (SSSR count). The lowest BCUT2D eigenvalue weighted by molar-refractivity contribution is 0.239. The summed E-state index contributed by atoms with van der Waals surface area (Å²) in [6.07, 6.45) is -0.651. The molecule has 11 nitrogen and oxygen atoms in total. The molecule has 0 spiro atoms. The van der Waals surface area contributed by atoms with Crippen LogP contribution in [0.3, 0.4) is 0 Å². The fraction of sp³-hybridized carbons (Fsp3) is 0.385. The Morgan fingerprint density at radius 1 is 1.26 bits per heavy atom. The summed E-state index contributed by atoms with van der Waals surface area (Å²) in [5.74, 6) is 0.502. The van der Waals surface area contributed by atoms with Gasteiger partial charge in [-0.25, -0.2) is 17.8 Å². The first-order chi connectivity index (χ1) is 18.6. The van der Waals surface area contributed by atoms with Crippen molar-refractivity contribution in [2.24, 2.45) is 17.0 Å². The first-order valence-electron chi connectivity index (χ1n) is 12.6. The van der Waals surface area contributed by atoms with Crippen molar-refractivity contribution in [3.8, 4) is 11.3 Å². The van der Waals surface area contributed by atoms with Gasteiger partial charge in [-0.1, -0.05) is 30.3 Å². The van der Waals surface area contributed by atoms with Crippen molar-refractivity contribution in [3.05, 3.63) is 63.9 Å². The monoisotopic (exact) mass is 556 g/mol. The Hall–Kier alpha value is -3.84. The molecule has 1 fully saturated rings. The smallest absolute Gasteiger partial charge is 0.261 e. The molecule has 1 saturated heterocycles. The van der Waals surface area contributed by atoms with E-state index in [0.717, 1.165) is 0 Å². The molecule has 3 aromatic rings. The minimum Gasteiger partial charge on any atom is -0.350 e. The third kappa shape index (κ3) is 6.79. The normalized spacial score (nSPS) is 18.1. The number of pyridine rings is 1. The van der Waals surface area contributed by atoms with Gasteiger partial charge in [-0.15, -0.1) is 0 Å². The average Bonchev–Trinajstić information content (AvgIpc) is 3.24. The van der Waals surface area contributed by atoms with Gasteiger partial charge in [-0.3, -0.25) is 18.8 Å². The van der Waals surface area contributed by atoms with Crippen molar-refractivity contribution < 1.29 is 12.8 Å². The number of alkyl halides is 1. The number of aromatic nitrogens is 3. The standard InChI is InChI=1S/C26H33FN8O3S/c1-5-35-24(31-26(28-3)30-20-12-19(27)14-29-15-20)17(2)11-21(25(35)36)22-13-23(32-34(22)4)33-39(37,38)16-18-9-7-6-8-10-18/h6-11,13,19-20,29H,3,5,12,14-16H2,1-2,4H3,(H,30,31)(H,32,33)/t19-,20-/m0/s1. The maximum absolute atomic E-state index is 13.8. The highest BCUT2D eigenvalue weighted by atomic mass is 32.2. The predicted molar refractivity (Wildman–Crippen MR) is 152 cm³/mol. The summed E-state index contributed by atoms with van der Waals surface area (Å²) in [5.41, 5.74) is 1.79. The highest BCUT2D eigenvalue weighted by Crippen LogP contribution is 2.26. The van der Waals surface area contributed by atoms with E-state index in [4.69, 9.17) is 0 Å². The molecule has 0 radical (unpaired) electrons. The largest absolute Gasteiger partial charge is 0.350 e. The van der Waals surface area contributed by atoms with E-state index in [1.807, 2.05) is 19.9 Å². The Bertz CT molecular complexity index is 1530. The number of hydrogen-bond acceptors (Lipinski definition) is 6. The fourth-order valence-electron chi connectivity index (χ4n) is 4.58. The minimum atomic E-state index is -3.72. The van der Waals surface area contributed by atoms with Crippen molar-refractivity contribution >= 4 is 34.3 Å². The third-order valence-electron chi connectivity index (χ3n) is 6.37. The zero-order valence-electron chi connectivity index (χ0n) is 22.2. The van der Waals surface area contributed by atoms with E-state index in [9.17, 15) is 17.6 Å². The van der Waals surface area contributed by atoms with Gasteiger partial charge in [0.25, 0.3) is 5.56 Å². The SMILES string of the molecule is C=N/C(=N\c1c(C)cc(-c2cc(NS(=O)(=O)Cc3ccccc3)nn2C)c(=O)n1CC)N[C@@H]1CNC[C@@H](F)C1. The third-order valence-corrected chi connectivity index (χ3v) is 7.60. The molecule has 2 atom stereocenters. The number of anilines is 1. The Balaban J connectivity index is 1.63. The number of rotatable bonds is 8. The second kappa shape index (κ2) is 11.9. The molecule has 0 unspecified atom stereocenters. The van der Waals surface area contributed by atoms with Crippen molar-refractivity contribution in [1.82, 2.24) is 25.0 Å². The molecule has 208 valence electrons. The van der Waals surface area contributed by atoms with Gasteiger partial charge in [0.05, 0.1) is 17.0 Å². The summed E-state index contributed by atoms with van der Waals surface area (Å²) in [7, 11) is -2.08. The fourth-order valence-corrected chi connectivity index (χ4v) is 5.70. The van der Waals surface area contributed by atoms with Crippen LogP contribution in [0.1, 0.15) is 24.5 Å². The summed E-state index contributed by atoms with van der Waals surface area (Å²) >= 11 is 0. The number of nitrogens with one attached hydrogen (secondary N) is 3. The summed E-state index contributed by atoms with van der Waals surface area (Å²) in [6, 6.07) is 11.8. The molecule has 0 saturated carbocycles. The van der Waals surface area contributed by atoms with Gasteiger partial charge in [0.15, 0.2) is 5.82 Å². The lowest BCUT2D eigenvalue weighted by atomic mass is 10.1. The predicted octanol–water partition coefficient (Wildman–Crippen LogP) is 2.50. The van der Waals surface area contributed by atoms with Crippen LogP contribution in [0.15, 0.2) is 57.2 Å². The van der Waals surface area contributed by atoms with E-state index in [2.05, 4.69) is 37.2 Å². The van der Waals surface area contributed by atoms with E-state index in [-0.39, 0.29) is 29.1 Å². The summed E-state index contributed by atoms with van der Waals surface area (Å²) < 4.78 is 44.7. The van der Waals surface area contributed by atoms with E-state index < -0.39 is 16.2 Å². The van der Waals surface area contributed by atoms with E-state index in [0.29, 0.717) is 54.3 Å². The second-order valence-corrected chi connectivity index (χ2v) is 11.1. The van der Waals surface area contributed by atoms with Gasteiger partial charge in [0.2, 0.25) is 16.0 Å². The highest BCUT2D eigenvalue weighted by molar-refractivity contribution is 7.91. The Morgan fingerprint density at radius 2 is 2.00 bits per heavy atom. The highest BCUT2D eigenvalue weighted by Gasteiger charge is 2.23. The number of hydrogen-bond donors (Lipinski definition) is 3. The van der Waals surface area contributed by atoms with Gasteiger partial charge in [-0.05, 0) is 37.8 Å². The Morgan fingerprint density at radius 3 is 2.67 bits per heavy atom. The molecule has 1 aromatic carbocycles. The zero-order valence-corrected chi connectivity index (χ0v) is 23.0. The topological polar surface area (TPSA) is 135 Å². The molecule has 39 heavy (non-hydrogen) atoms. The number of nitrogens with zero attached hydrogens (tertiary/aromatic N) is 5. The molecule has 2 aromatic heterocycles. The van der Waals surface area contributed by atoms with Crippen LogP contribution < -0.4 is 20.9 Å². The minimum absolute atomic E-state index is 0.111. The molecule has 3 heterocycles. The molecule has 1 aliphatic rings. The number of halogens is 1. The van der Waals surface area contributed by atoms with Crippen LogP contribution in [0.25, 0.3) is 11.3 Å². The van der Waals surface area contributed by atoms with E-state index in [1.54, 1.807) is 37.4 Å². The number of sulfonamides is 1. The summed E-state index contributed by atoms with van der Waals surface area (Å²) in [6.45, 7) is 8.40. The first kappa shape index (κ1) is 28.2. The van der Waals surface area contributed by atoms with Crippen LogP contribution in [-0.4, -0.2) is 60.7 Å². The number of piperidine rings is 1. The molecular weight excluding hydrogens is 523 g/mol. The van der Waals surface area contributed by atoms with Gasteiger partial charge in [0, 0.05) is 45.2 Å². The second-order valence-electron chi connectivity index (χ2n) is 9.43. The lowest BCUT2D eigenvalue weighted by Gasteiger charge is -2.26. The number of aliphatic imine (C=N–C) groups is 2. The van der Waals surface area contributed by atoms with Crippen molar-refractivity contribution in [1.29, 1.82) is 0 Å². The molecule has 0 aliphatic carbocycles. The summed E-state index contributed by atoms with van der Waals surface area (Å²) in [4.78, 5) is 22.1. The van der Waals surface area contributed by atoms with Gasteiger partial charge in [-0.2, -0.15) is 10.1 Å². The molecule has 0 amide bonds. The van der Waals surface area contributed by atoms with E-state index >= 15 is 0 Å². The van der Waals surface area contributed by atoms with Crippen LogP contribution in [0.2, 0.25) is 0 Å². The van der Waals surface area contributed by atoms with Crippen LogP contribution in [-0.2, 0) is 29.4 Å². The van der Waals surface area contributed by atoms with Crippen LogP contribution in [0.4, 0.5) is 16.0 Å². The van der Waals surface area contributed by atoms with Crippen molar-refractivity contribution in [2.75, 3.05) is 17.8 Å². The maximum Gasteiger partial charge on any atom is 0.261 e. The van der Waals surface area contributed by atoms with Gasteiger partial charge >= 0.3 is 0 Å². The van der Waals surface area contributed by atoms with Gasteiger partial charge < -0.3 is 10.6 Å². The Labute approximate surface area is 226 Å². The Kier molecular flexibility index (Phi) is 8.60. The summed E-state index contributed by atoms with van der Waals surface area (Å²) in [5, 5.41) is 10.4. The number of guanidine groups is 1. The molecule has 0 bridgehead atoms. The molecule has 1 aliphatic heterocycles. The van der Waals surface area contributed by atoms with Crippen molar-refractivity contribution in [2.45, 2.75) is 44.8 Å².